The summed E-state index contributed by atoms with van der Waals surface area (Å²) in [6.07, 6.45) is -2.58. The van der Waals surface area contributed by atoms with E-state index in [1.165, 1.54) is 12.1 Å². The zero-order valence-electron chi connectivity index (χ0n) is 10.1. The average Bonchev–Trinajstić information content (AvgIpc) is 2.37. The lowest BCUT2D eigenvalue weighted by Gasteiger charge is -2.30. The summed E-state index contributed by atoms with van der Waals surface area (Å²) in [5.41, 5.74) is -0.692. The Balaban J connectivity index is 2.19. The Labute approximate surface area is 117 Å². The van der Waals surface area contributed by atoms with Gasteiger partial charge in [0.05, 0.1) is 5.56 Å². The van der Waals surface area contributed by atoms with Crippen LogP contribution in [-0.4, -0.2) is 28.7 Å². The molecular weight excluding hydrogens is 323 g/mol. The predicted octanol–water partition coefficient (Wildman–Crippen LogP) is 3.70. The maximum Gasteiger partial charge on any atom is 0.416 e. The summed E-state index contributed by atoms with van der Waals surface area (Å²) in [7, 11) is 0. The molecule has 1 amide bonds. The van der Waals surface area contributed by atoms with E-state index in [1.807, 2.05) is 0 Å². The first-order valence-electron chi connectivity index (χ1n) is 5.98. The highest BCUT2D eigenvalue weighted by atomic mass is 79.9. The summed E-state index contributed by atoms with van der Waals surface area (Å²) < 4.78 is 37.8. The van der Waals surface area contributed by atoms with Gasteiger partial charge >= 0.3 is 6.18 Å². The first-order chi connectivity index (χ1) is 8.88. The Kier molecular flexibility index (Phi) is 4.18. The first kappa shape index (κ1) is 14.4. The number of alkyl halides is 4. The Morgan fingerprint density at radius 2 is 2.11 bits per heavy atom. The lowest BCUT2D eigenvalue weighted by Crippen LogP contribution is -2.40. The average molecular weight is 336 g/mol. The molecule has 0 aliphatic carbocycles. The summed E-state index contributed by atoms with van der Waals surface area (Å²) in [5.74, 6) is -0.338. The van der Waals surface area contributed by atoms with Crippen molar-refractivity contribution in [3.8, 4) is 0 Å². The molecule has 1 heterocycles. The molecule has 1 saturated heterocycles. The highest BCUT2D eigenvalue weighted by molar-refractivity contribution is 9.09. The number of amides is 1. The fourth-order valence-electron chi connectivity index (χ4n) is 2.12. The second-order valence-electron chi connectivity index (χ2n) is 4.57. The number of carbonyl (C=O) groups is 1. The third-order valence-corrected chi connectivity index (χ3v) is 3.84. The molecule has 1 aromatic rings. The molecule has 1 aliphatic heterocycles. The van der Waals surface area contributed by atoms with E-state index in [4.69, 9.17) is 0 Å². The summed E-state index contributed by atoms with van der Waals surface area (Å²) in [6.45, 7) is 1.13. The van der Waals surface area contributed by atoms with Gasteiger partial charge in [-0.05, 0) is 31.0 Å². The van der Waals surface area contributed by atoms with Gasteiger partial charge in [-0.25, -0.2) is 0 Å². The summed E-state index contributed by atoms with van der Waals surface area (Å²) in [6, 6.07) is 4.58. The topological polar surface area (TPSA) is 20.3 Å². The summed E-state index contributed by atoms with van der Waals surface area (Å²) in [5, 5.41) is 0. The fraction of sp³-hybridized carbons (Fsp3) is 0.462. The molecule has 0 spiro atoms. The zero-order valence-corrected chi connectivity index (χ0v) is 11.7. The van der Waals surface area contributed by atoms with E-state index in [-0.39, 0.29) is 16.3 Å². The number of piperidine rings is 1. The van der Waals surface area contributed by atoms with Crippen LogP contribution in [0.2, 0.25) is 0 Å². The Morgan fingerprint density at radius 1 is 1.37 bits per heavy atom. The molecule has 1 unspecified atom stereocenters. The van der Waals surface area contributed by atoms with Crippen molar-refractivity contribution in [1.82, 2.24) is 4.90 Å². The number of nitrogens with zero attached hydrogens (tertiary/aromatic N) is 1. The van der Waals surface area contributed by atoms with Gasteiger partial charge in [0, 0.05) is 23.5 Å². The minimum Gasteiger partial charge on any atom is -0.338 e. The third kappa shape index (κ3) is 3.49. The van der Waals surface area contributed by atoms with Gasteiger partial charge in [0.25, 0.3) is 5.91 Å². The number of carbonyl (C=O) groups excluding carboxylic acids is 1. The van der Waals surface area contributed by atoms with Crippen LogP contribution >= 0.6 is 15.9 Å². The molecular formula is C13H13BrF3NO. The van der Waals surface area contributed by atoms with Crippen LogP contribution in [0, 0.1) is 0 Å². The van der Waals surface area contributed by atoms with Crippen molar-refractivity contribution in [1.29, 1.82) is 0 Å². The highest BCUT2D eigenvalue weighted by Crippen LogP contribution is 2.30. The largest absolute Gasteiger partial charge is 0.416 e. The van der Waals surface area contributed by atoms with Crippen LogP contribution < -0.4 is 0 Å². The van der Waals surface area contributed by atoms with Crippen molar-refractivity contribution in [3.05, 3.63) is 35.4 Å². The molecule has 0 aromatic heterocycles. The maximum absolute atomic E-state index is 12.6. The van der Waals surface area contributed by atoms with Crippen molar-refractivity contribution in [2.45, 2.75) is 23.8 Å². The van der Waals surface area contributed by atoms with Gasteiger partial charge in [-0.2, -0.15) is 13.2 Å². The number of likely N-dealkylation sites (tertiary alicyclic amines) is 1. The van der Waals surface area contributed by atoms with Crippen molar-refractivity contribution < 1.29 is 18.0 Å². The number of rotatable bonds is 1. The Bertz CT molecular complexity index is 475. The Morgan fingerprint density at radius 3 is 2.74 bits per heavy atom. The van der Waals surface area contributed by atoms with Crippen molar-refractivity contribution in [2.24, 2.45) is 0 Å². The van der Waals surface area contributed by atoms with E-state index in [0.717, 1.165) is 25.0 Å². The van der Waals surface area contributed by atoms with Gasteiger partial charge in [0.15, 0.2) is 0 Å². The maximum atomic E-state index is 12.6. The molecule has 0 N–H and O–H groups in total. The van der Waals surface area contributed by atoms with Crippen LogP contribution in [0.4, 0.5) is 13.2 Å². The van der Waals surface area contributed by atoms with Gasteiger partial charge in [-0.3, -0.25) is 4.79 Å². The van der Waals surface area contributed by atoms with Gasteiger partial charge < -0.3 is 4.90 Å². The molecule has 2 rings (SSSR count). The second-order valence-corrected chi connectivity index (χ2v) is 5.86. The lowest BCUT2D eigenvalue weighted by molar-refractivity contribution is -0.137. The monoisotopic (exact) mass is 335 g/mol. The number of hydrogen-bond donors (Lipinski definition) is 0. The van der Waals surface area contributed by atoms with Gasteiger partial charge in [0.1, 0.15) is 0 Å². The fourth-order valence-corrected chi connectivity index (χ4v) is 2.79. The van der Waals surface area contributed by atoms with Crippen molar-refractivity contribution in [2.75, 3.05) is 13.1 Å². The van der Waals surface area contributed by atoms with Crippen LogP contribution in [0.5, 0.6) is 0 Å². The number of benzene rings is 1. The molecule has 104 valence electrons. The van der Waals surface area contributed by atoms with Crippen LogP contribution in [0.1, 0.15) is 28.8 Å². The first-order valence-corrected chi connectivity index (χ1v) is 6.90. The number of halogens is 4. The molecule has 0 bridgehead atoms. The summed E-state index contributed by atoms with van der Waals surface area (Å²) >= 11 is 3.44. The Hall–Kier alpha value is -1.04. The molecule has 6 heteroatoms. The van der Waals surface area contributed by atoms with E-state index >= 15 is 0 Å². The van der Waals surface area contributed by atoms with E-state index in [1.54, 1.807) is 4.90 Å². The molecule has 1 aliphatic rings. The summed E-state index contributed by atoms with van der Waals surface area (Å²) in [4.78, 5) is 14.0. The molecule has 0 radical (unpaired) electrons. The second kappa shape index (κ2) is 5.53. The van der Waals surface area contributed by atoms with Crippen molar-refractivity contribution in [3.63, 3.8) is 0 Å². The van der Waals surface area contributed by atoms with Crippen LogP contribution in [0.25, 0.3) is 0 Å². The zero-order chi connectivity index (χ0) is 14.0. The van der Waals surface area contributed by atoms with E-state index in [9.17, 15) is 18.0 Å². The van der Waals surface area contributed by atoms with E-state index in [2.05, 4.69) is 15.9 Å². The molecule has 0 saturated carbocycles. The van der Waals surface area contributed by atoms with Crippen molar-refractivity contribution >= 4 is 21.8 Å². The molecule has 2 nitrogen and oxygen atoms in total. The molecule has 1 aromatic carbocycles. The lowest BCUT2D eigenvalue weighted by atomic mass is 10.1. The van der Waals surface area contributed by atoms with Gasteiger partial charge in [0.2, 0.25) is 0 Å². The van der Waals surface area contributed by atoms with Gasteiger partial charge in [-0.1, -0.05) is 22.0 Å². The van der Waals surface area contributed by atoms with Crippen LogP contribution in [0.15, 0.2) is 24.3 Å². The smallest absolute Gasteiger partial charge is 0.338 e. The van der Waals surface area contributed by atoms with Crippen LogP contribution in [0.3, 0.4) is 0 Å². The minimum absolute atomic E-state index is 0.0939. The molecule has 19 heavy (non-hydrogen) atoms. The van der Waals surface area contributed by atoms with Crippen LogP contribution in [-0.2, 0) is 6.18 Å². The number of hydrogen-bond acceptors (Lipinski definition) is 1. The predicted molar refractivity (Wildman–Crippen MR) is 69.3 cm³/mol. The van der Waals surface area contributed by atoms with E-state index in [0.29, 0.717) is 13.1 Å². The highest BCUT2D eigenvalue weighted by Gasteiger charge is 2.31. The van der Waals surface area contributed by atoms with Gasteiger partial charge in [-0.15, -0.1) is 0 Å². The third-order valence-electron chi connectivity index (χ3n) is 3.09. The molecule has 1 atom stereocenters. The van der Waals surface area contributed by atoms with E-state index < -0.39 is 11.7 Å². The minimum atomic E-state index is -4.42. The normalized spacial score (nSPS) is 20.4. The standard InChI is InChI=1S/C13H13BrF3NO/c14-11-5-2-6-18(8-11)12(19)9-3-1-4-10(7-9)13(15,16)17/h1,3-4,7,11H,2,5-6,8H2. The SMILES string of the molecule is O=C(c1cccc(C(F)(F)F)c1)N1CCCC(Br)C1. The quantitative estimate of drug-likeness (QED) is 0.716. The molecule has 1 fully saturated rings.